The van der Waals surface area contributed by atoms with E-state index in [2.05, 4.69) is 36.0 Å². The van der Waals surface area contributed by atoms with Crippen molar-refractivity contribution in [1.82, 2.24) is 10.2 Å². The summed E-state index contributed by atoms with van der Waals surface area (Å²) in [6, 6.07) is 0.440. The lowest BCUT2D eigenvalue weighted by Gasteiger charge is -2.41. The molecule has 0 aromatic heterocycles. The molecule has 0 saturated carbocycles. The monoisotopic (exact) mass is 313 g/mol. The molecule has 1 saturated heterocycles. The van der Waals surface area contributed by atoms with Crippen LogP contribution in [0.5, 0.6) is 0 Å². The number of nitrogens with zero attached hydrogens (tertiary/aromatic N) is 2. The van der Waals surface area contributed by atoms with Gasteiger partial charge in [-0.25, -0.2) is 0 Å². The topological polar surface area (TPSA) is 99.9 Å². The molecular weight excluding hydrogens is 278 g/mol. The first-order chi connectivity index (χ1) is 10.3. The van der Waals surface area contributed by atoms with Gasteiger partial charge in [0.05, 0.1) is 0 Å². The summed E-state index contributed by atoms with van der Waals surface area (Å²) in [7, 11) is 0. The molecule has 6 heteroatoms. The summed E-state index contributed by atoms with van der Waals surface area (Å²) in [5.41, 5.74) is 10.8. The van der Waals surface area contributed by atoms with Gasteiger partial charge in [-0.3, -0.25) is 15.2 Å². The van der Waals surface area contributed by atoms with E-state index >= 15 is 0 Å². The zero-order chi connectivity index (χ0) is 16.6. The maximum atomic E-state index is 10.1. The van der Waals surface area contributed by atoms with Crippen LogP contribution in [0.25, 0.3) is 0 Å². The van der Waals surface area contributed by atoms with Gasteiger partial charge in [0, 0.05) is 31.2 Å². The van der Waals surface area contributed by atoms with Gasteiger partial charge in [0.25, 0.3) is 0 Å². The summed E-state index contributed by atoms with van der Waals surface area (Å²) in [6.45, 7) is 9.67. The van der Waals surface area contributed by atoms with E-state index in [1.165, 1.54) is 0 Å². The Hall–Kier alpha value is -0.850. The van der Waals surface area contributed by atoms with E-state index in [4.69, 9.17) is 11.5 Å². The van der Waals surface area contributed by atoms with Gasteiger partial charge >= 0.3 is 0 Å². The van der Waals surface area contributed by atoms with E-state index in [9.17, 15) is 5.11 Å². The number of nitrogens with one attached hydrogen (secondary N) is 1. The van der Waals surface area contributed by atoms with Crippen molar-refractivity contribution in [1.29, 1.82) is 0 Å². The SMILES string of the molecule is CC(C)(C)N1CCC(NC(O)CCCCCN=C(N)N)CC1. The Bertz CT molecular complexity index is 328. The number of aliphatic imine (C=N–C) groups is 1. The summed E-state index contributed by atoms with van der Waals surface area (Å²) in [4.78, 5) is 6.47. The van der Waals surface area contributed by atoms with Crippen LogP contribution in [0.3, 0.4) is 0 Å². The number of likely N-dealkylation sites (tertiary alicyclic amines) is 1. The van der Waals surface area contributed by atoms with Crippen LogP contribution in [0.15, 0.2) is 4.99 Å². The molecule has 130 valence electrons. The Morgan fingerprint density at radius 1 is 1.23 bits per heavy atom. The molecule has 0 amide bonds. The van der Waals surface area contributed by atoms with Crippen LogP contribution in [-0.4, -0.2) is 53.4 Å². The Kier molecular flexibility index (Phi) is 8.14. The van der Waals surface area contributed by atoms with Gasteiger partial charge in [0.2, 0.25) is 0 Å². The van der Waals surface area contributed by atoms with Crippen molar-refractivity contribution < 1.29 is 5.11 Å². The molecule has 0 radical (unpaired) electrons. The molecule has 1 rings (SSSR count). The van der Waals surface area contributed by atoms with Crippen LogP contribution >= 0.6 is 0 Å². The normalized spacial score (nSPS) is 19.1. The fourth-order valence-electron chi connectivity index (χ4n) is 2.91. The van der Waals surface area contributed by atoms with Crippen LogP contribution in [-0.2, 0) is 0 Å². The largest absolute Gasteiger partial charge is 0.379 e. The van der Waals surface area contributed by atoms with Crippen molar-refractivity contribution in [2.45, 2.75) is 77.1 Å². The molecular formula is C16H35N5O. The second-order valence-electron chi connectivity index (χ2n) is 7.27. The third kappa shape index (κ3) is 7.96. The van der Waals surface area contributed by atoms with Crippen molar-refractivity contribution in [2.24, 2.45) is 16.5 Å². The van der Waals surface area contributed by atoms with Gasteiger partial charge in [0.15, 0.2) is 5.96 Å². The third-order valence-electron chi connectivity index (χ3n) is 4.30. The van der Waals surface area contributed by atoms with Crippen molar-refractivity contribution in [3.8, 4) is 0 Å². The Morgan fingerprint density at radius 2 is 1.86 bits per heavy atom. The number of piperidine rings is 1. The number of hydrogen-bond donors (Lipinski definition) is 4. The highest BCUT2D eigenvalue weighted by atomic mass is 16.3. The molecule has 0 aliphatic carbocycles. The van der Waals surface area contributed by atoms with Crippen molar-refractivity contribution in [2.75, 3.05) is 19.6 Å². The zero-order valence-corrected chi connectivity index (χ0v) is 14.5. The summed E-state index contributed by atoms with van der Waals surface area (Å²) >= 11 is 0. The number of guanidine groups is 1. The maximum Gasteiger partial charge on any atom is 0.185 e. The Labute approximate surface area is 135 Å². The maximum absolute atomic E-state index is 10.1. The van der Waals surface area contributed by atoms with Gasteiger partial charge in [-0.15, -0.1) is 0 Å². The van der Waals surface area contributed by atoms with Crippen molar-refractivity contribution in [3.05, 3.63) is 0 Å². The van der Waals surface area contributed by atoms with Crippen LogP contribution in [0, 0.1) is 0 Å². The van der Waals surface area contributed by atoms with E-state index in [1.54, 1.807) is 0 Å². The first-order valence-electron chi connectivity index (χ1n) is 8.53. The predicted octanol–water partition coefficient (Wildman–Crippen LogP) is 0.991. The van der Waals surface area contributed by atoms with E-state index in [0.717, 1.165) is 51.6 Å². The lowest BCUT2D eigenvalue weighted by atomic mass is 9.98. The van der Waals surface area contributed by atoms with E-state index in [-0.39, 0.29) is 11.5 Å². The lowest BCUT2D eigenvalue weighted by Crippen LogP contribution is -2.51. The van der Waals surface area contributed by atoms with Crippen molar-refractivity contribution >= 4 is 5.96 Å². The number of rotatable bonds is 8. The first kappa shape index (κ1) is 19.2. The minimum atomic E-state index is -0.394. The third-order valence-corrected chi connectivity index (χ3v) is 4.30. The predicted molar refractivity (Wildman–Crippen MR) is 92.6 cm³/mol. The minimum Gasteiger partial charge on any atom is -0.379 e. The molecule has 1 fully saturated rings. The molecule has 0 spiro atoms. The van der Waals surface area contributed by atoms with E-state index < -0.39 is 6.23 Å². The molecule has 0 aromatic carbocycles. The summed E-state index contributed by atoms with van der Waals surface area (Å²) in [5, 5.41) is 13.4. The van der Waals surface area contributed by atoms with Crippen LogP contribution < -0.4 is 16.8 Å². The van der Waals surface area contributed by atoms with Crippen molar-refractivity contribution in [3.63, 3.8) is 0 Å². The van der Waals surface area contributed by atoms with Crippen LogP contribution in [0.2, 0.25) is 0 Å². The number of aliphatic hydroxyl groups is 1. The number of aliphatic hydroxyl groups excluding tert-OH is 1. The standard InChI is InChI=1S/C16H35N5O/c1-16(2,3)21-11-8-13(9-12-21)20-14(22)7-5-4-6-10-19-15(17)18/h13-14,20,22H,4-12H2,1-3H3,(H4,17,18,19). The smallest absolute Gasteiger partial charge is 0.185 e. The molecule has 1 aliphatic rings. The van der Waals surface area contributed by atoms with E-state index in [0.29, 0.717) is 12.6 Å². The van der Waals surface area contributed by atoms with Gasteiger partial charge in [0.1, 0.15) is 6.23 Å². The molecule has 6 N–H and O–H groups in total. The second-order valence-corrected chi connectivity index (χ2v) is 7.27. The van der Waals surface area contributed by atoms with Gasteiger partial charge in [-0.1, -0.05) is 6.42 Å². The van der Waals surface area contributed by atoms with Gasteiger partial charge in [-0.2, -0.15) is 0 Å². The van der Waals surface area contributed by atoms with Gasteiger partial charge in [-0.05, 0) is 52.9 Å². The molecule has 1 aliphatic heterocycles. The Morgan fingerprint density at radius 3 is 2.41 bits per heavy atom. The van der Waals surface area contributed by atoms with E-state index in [1.807, 2.05) is 0 Å². The minimum absolute atomic E-state index is 0.156. The zero-order valence-electron chi connectivity index (χ0n) is 14.5. The number of nitrogens with two attached hydrogens (primary N) is 2. The highest BCUT2D eigenvalue weighted by Crippen LogP contribution is 2.20. The summed E-state index contributed by atoms with van der Waals surface area (Å²) in [5.74, 6) is 0.156. The quantitative estimate of drug-likeness (QED) is 0.232. The van der Waals surface area contributed by atoms with Crippen LogP contribution in [0.4, 0.5) is 0 Å². The first-order valence-corrected chi connectivity index (χ1v) is 8.53. The molecule has 6 nitrogen and oxygen atoms in total. The Balaban J connectivity index is 2.09. The van der Waals surface area contributed by atoms with Gasteiger partial charge < -0.3 is 16.6 Å². The number of unbranched alkanes of at least 4 members (excludes halogenated alkanes) is 2. The molecule has 1 heterocycles. The molecule has 0 bridgehead atoms. The average molecular weight is 313 g/mol. The molecule has 22 heavy (non-hydrogen) atoms. The highest BCUT2D eigenvalue weighted by molar-refractivity contribution is 5.75. The lowest BCUT2D eigenvalue weighted by molar-refractivity contribution is 0.0624. The van der Waals surface area contributed by atoms with Crippen LogP contribution in [0.1, 0.15) is 59.3 Å². The molecule has 1 atom stereocenters. The fraction of sp³-hybridized carbons (Fsp3) is 0.938. The second kappa shape index (κ2) is 9.33. The summed E-state index contributed by atoms with van der Waals surface area (Å²) < 4.78 is 0. The molecule has 0 aromatic rings. The average Bonchev–Trinajstić information content (AvgIpc) is 2.42. The molecule has 1 unspecified atom stereocenters. The summed E-state index contributed by atoms with van der Waals surface area (Å²) in [6.07, 6.45) is 5.62. The highest BCUT2D eigenvalue weighted by Gasteiger charge is 2.27. The number of hydrogen-bond acceptors (Lipinski definition) is 4. The fourth-order valence-corrected chi connectivity index (χ4v) is 2.91.